The zero-order valence-electron chi connectivity index (χ0n) is 16.0. The van der Waals surface area contributed by atoms with Crippen molar-refractivity contribution in [3.63, 3.8) is 0 Å². The van der Waals surface area contributed by atoms with Crippen LogP contribution in [-0.4, -0.2) is 34.7 Å². The van der Waals surface area contributed by atoms with Gasteiger partial charge in [0.2, 0.25) is 0 Å². The summed E-state index contributed by atoms with van der Waals surface area (Å²) in [5.41, 5.74) is 3.14. The molecule has 0 spiro atoms. The van der Waals surface area contributed by atoms with E-state index in [1.165, 1.54) is 12.1 Å². The maximum atomic E-state index is 13.2. The predicted molar refractivity (Wildman–Crippen MR) is 110 cm³/mol. The summed E-state index contributed by atoms with van der Waals surface area (Å²) in [4.78, 5) is 15.0. The number of methoxy groups -OCH3 is 1. The third kappa shape index (κ3) is 3.69. The highest BCUT2D eigenvalue weighted by molar-refractivity contribution is 6.01. The Morgan fingerprint density at radius 2 is 1.76 bits per heavy atom. The summed E-state index contributed by atoms with van der Waals surface area (Å²) in [6.07, 6.45) is 0.210. The van der Waals surface area contributed by atoms with Gasteiger partial charge in [-0.2, -0.15) is 0 Å². The van der Waals surface area contributed by atoms with Crippen molar-refractivity contribution in [3.8, 4) is 17.2 Å². The van der Waals surface area contributed by atoms with E-state index < -0.39 is 6.17 Å². The molecule has 0 bridgehead atoms. The van der Waals surface area contributed by atoms with Crippen molar-refractivity contribution in [1.29, 1.82) is 0 Å². The summed E-state index contributed by atoms with van der Waals surface area (Å²) in [7, 11) is 1.63. The largest absolute Gasteiger partial charge is 0.504 e. The van der Waals surface area contributed by atoms with Crippen molar-refractivity contribution in [1.82, 2.24) is 4.90 Å². The van der Waals surface area contributed by atoms with Gasteiger partial charge < -0.3 is 25.2 Å². The van der Waals surface area contributed by atoms with Crippen LogP contribution in [0.4, 0.5) is 5.69 Å². The molecule has 1 atom stereocenters. The number of phenolic OH excluding ortho intramolecular Hbond substituents is 2. The normalized spacial score (nSPS) is 15.6. The van der Waals surface area contributed by atoms with Gasteiger partial charge in [-0.25, -0.2) is 0 Å². The molecule has 6 heteroatoms. The van der Waals surface area contributed by atoms with Crippen molar-refractivity contribution in [2.75, 3.05) is 19.0 Å². The first-order chi connectivity index (χ1) is 14.1. The first kappa shape index (κ1) is 18.7. The van der Waals surface area contributed by atoms with Gasteiger partial charge in [-0.05, 0) is 53.9 Å². The summed E-state index contributed by atoms with van der Waals surface area (Å²) < 4.78 is 5.20. The van der Waals surface area contributed by atoms with E-state index in [0.29, 0.717) is 24.1 Å². The van der Waals surface area contributed by atoms with E-state index in [1.807, 2.05) is 42.5 Å². The van der Waals surface area contributed by atoms with E-state index >= 15 is 0 Å². The van der Waals surface area contributed by atoms with Crippen molar-refractivity contribution in [2.45, 2.75) is 12.6 Å². The second-order valence-corrected chi connectivity index (χ2v) is 6.94. The van der Waals surface area contributed by atoms with E-state index in [2.05, 4.69) is 5.32 Å². The number of carbonyl (C=O) groups is 1. The molecule has 4 rings (SSSR count). The Bertz CT molecular complexity index is 1030. The minimum atomic E-state index is -0.456. The van der Waals surface area contributed by atoms with Gasteiger partial charge in [0.1, 0.15) is 11.9 Å². The Balaban J connectivity index is 1.64. The summed E-state index contributed by atoms with van der Waals surface area (Å²) in [5.74, 6) is 0.299. The molecule has 1 heterocycles. The Labute approximate surface area is 169 Å². The van der Waals surface area contributed by atoms with Gasteiger partial charge >= 0.3 is 0 Å². The third-order valence-corrected chi connectivity index (χ3v) is 5.14. The van der Waals surface area contributed by atoms with Crippen LogP contribution in [0.25, 0.3) is 0 Å². The molecular weight excluding hydrogens is 368 g/mol. The first-order valence-electron chi connectivity index (χ1n) is 9.38. The molecular formula is C23H22N2O4. The van der Waals surface area contributed by atoms with Gasteiger partial charge in [-0.15, -0.1) is 0 Å². The van der Waals surface area contributed by atoms with Gasteiger partial charge in [-0.1, -0.05) is 30.3 Å². The second-order valence-electron chi connectivity index (χ2n) is 6.94. The molecule has 3 aromatic rings. The molecule has 29 heavy (non-hydrogen) atoms. The number of rotatable bonds is 5. The first-order valence-corrected chi connectivity index (χ1v) is 9.38. The lowest BCUT2D eigenvalue weighted by Gasteiger charge is -2.38. The summed E-state index contributed by atoms with van der Waals surface area (Å²) in [5, 5.41) is 23.0. The monoisotopic (exact) mass is 390 g/mol. The van der Waals surface area contributed by atoms with Crippen molar-refractivity contribution >= 4 is 11.6 Å². The number of fused-ring (bicyclic) bond motifs is 1. The lowest BCUT2D eigenvalue weighted by molar-refractivity contribution is 0.0685. The van der Waals surface area contributed by atoms with Crippen LogP contribution in [-0.2, 0) is 6.42 Å². The van der Waals surface area contributed by atoms with E-state index in [-0.39, 0.29) is 17.4 Å². The molecule has 6 nitrogen and oxygen atoms in total. The average Bonchev–Trinajstić information content (AvgIpc) is 2.75. The van der Waals surface area contributed by atoms with Gasteiger partial charge in [-0.3, -0.25) is 4.79 Å². The molecule has 3 aromatic carbocycles. The van der Waals surface area contributed by atoms with Gasteiger partial charge in [0, 0.05) is 12.2 Å². The highest BCUT2D eigenvalue weighted by Gasteiger charge is 2.32. The number of para-hydroxylation sites is 1. The number of benzene rings is 3. The van der Waals surface area contributed by atoms with Crippen LogP contribution < -0.4 is 10.1 Å². The Hall–Kier alpha value is -3.67. The molecule has 0 fully saturated rings. The smallest absolute Gasteiger partial charge is 0.257 e. The van der Waals surface area contributed by atoms with E-state index in [9.17, 15) is 15.0 Å². The summed E-state index contributed by atoms with van der Waals surface area (Å²) in [6, 6.07) is 19.8. The SMILES string of the molecule is COc1ccc(CCN2C(=O)c3ccccc3N[C@H]2c2ccc(O)c(O)c2)cc1. The number of phenols is 2. The number of hydrogen-bond acceptors (Lipinski definition) is 5. The average molecular weight is 390 g/mol. The fourth-order valence-corrected chi connectivity index (χ4v) is 3.54. The number of amides is 1. The van der Waals surface area contributed by atoms with E-state index in [4.69, 9.17) is 4.74 Å². The van der Waals surface area contributed by atoms with Crippen LogP contribution in [0.1, 0.15) is 27.7 Å². The lowest BCUT2D eigenvalue weighted by atomic mass is 10.0. The Morgan fingerprint density at radius 1 is 1.00 bits per heavy atom. The summed E-state index contributed by atoms with van der Waals surface area (Å²) in [6.45, 7) is 0.485. The van der Waals surface area contributed by atoms with Crippen LogP contribution in [0, 0.1) is 0 Å². The number of aromatic hydroxyl groups is 2. The van der Waals surface area contributed by atoms with Crippen molar-refractivity contribution in [2.24, 2.45) is 0 Å². The molecule has 1 amide bonds. The molecule has 0 aromatic heterocycles. The van der Waals surface area contributed by atoms with Crippen molar-refractivity contribution < 1.29 is 19.7 Å². The molecule has 1 aliphatic heterocycles. The highest BCUT2D eigenvalue weighted by atomic mass is 16.5. The van der Waals surface area contributed by atoms with Crippen LogP contribution in [0.15, 0.2) is 66.7 Å². The standard InChI is InChI=1S/C23H22N2O4/c1-29-17-9-6-15(7-10-17)12-13-25-22(16-8-11-20(26)21(27)14-16)24-19-5-3-2-4-18(19)23(25)28/h2-11,14,22,24,26-27H,12-13H2,1H3/t22-/m1/s1. The second kappa shape index (κ2) is 7.75. The van der Waals surface area contributed by atoms with Crippen LogP contribution >= 0.6 is 0 Å². The number of hydrogen-bond donors (Lipinski definition) is 3. The quantitative estimate of drug-likeness (QED) is 0.576. The number of nitrogens with zero attached hydrogens (tertiary/aromatic N) is 1. The Kier molecular flexibility index (Phi) is 4.99. The highest BCUT2D eigenvalue weighted by Crippen LogP contribution is 2.36. The maximum Gasteiger partial charge on any atom is 0.257 e. The molecule has 0 aliphatic carbocycles. The fourth-order valence-electron chi connectivity index (χ4n) is 3.54. The topological polar surface area (TPSA) is 82.0 Å². The van der Waals surface area contributed by atoms with Crippen LogP contribution in [0.5, 0.6) is 17.2 Å². The number of carbonyl (C=O) groups excluding carboxylic acids is 1. The summed E-state index contributed by atoms with van der Waals surface area (Å²) >= 11 is 0. The molecule has 0 radical (unpaired) electrons. The predicted octanol–water partition coefficient (Wildman–Crippen LogP) is 3.92. The minimum Gasteiger partial charge on any atom is -0.504 e. The maximum absolute atomic E-state index is 13.2. The zero-order chi connectivity index (χ0) is 20.4. The van der Waals surface area contributed by atoms with Gasteiger partial charge in [0.05, 0.1) is 12.7 Å². The lowest BCUT2D eigenvalue weighted by Crippen LogP contribution is -2.43. The number of nitrogens with one attached hydrogen (secondary N) is 1. The Morgan fingerprint density at radius 3 is 2.48 bits per heavy atom. The van der Waals surface area contributed by atoms with E-state index in [1.54, 1.807) is 24.1 Å². The van der Waals surface area contributed by atoms with E-state index in [0.717, 1.165) is 17.0 Å². The van der Waals surface area contributed by atoms with Gasteiger partial charge in [0.15, 0.2) is 11.5 Å². The number of anilines is 1. The van der Waals surface area contributed by atoms with Crippen molar-refractivity contribution in [3.05, 3.63) is 83.4 Å². The van der Waals surface area contributed by atoms with Crippen LogP contribution in [0.2, 0.25) is 0 Å². The molecule has 0 saturated carbocycles. The van der Waals surface area contributed by atoms with Gasteiger partial charge in [0.25, 0.3) is 5.91 Å². The molecule has 3 N–H and O–H groups in total. The zero-order valence-corrected chi connectivity index (χ0v) is 16.0. The number of ether oxygens (including phenoxy) is 1. The molecule has 0 unspecified atom stereocenters. The van der Waals surface area contributed by atoms with Crippen LogP contribution in [0.3, 0.4) is 0 Å². The third-order valence-electron chi connectivity index (χ3n) is 5.14. The molecule has 0 saturated heterocycles. The molecule has 148 valence electrons. The fraction of sp³-hybridized carbons (Fsp3) is 0.174. The minimum absolute atomic E-state index is 0.0783. The molecule has 1 aliphatic rings.